The van der Waals surface area contributed by atoms with Crippen molar-refractivity contribution >= 4 is 5.97 Å². The fraction of sp³-hybridized carbons (Fsp3) is 0.914. The molecule has 0 aliphatic heterocycles. The van der Waals surface area contributed by atoms with Crippen LogP contribution in [0.1, 0.15) is 105 Å². The van der Waals surface area contributed by atoms with Gasteiger partial charge in [-0.05, 0) is 119 Å². The van der Waals surface area contributed by atoms with Gasteiger partial charge in [-0.25, -0.2) is 0 Å². The third kappa shape index (κ3) is 6.63. The topological polar surface area (TPSA) is 32.8 Å². The zero-order valence-electron chi connectivity index (χ0n) is 27.1. The van der Waals surface area contributed by atoms with Crippen molar-refractivity contribution in [1.82, 2.24) is 9.80 Å². The van der Waals surface area contributed by atoms with E-state index in [4.69, 9.17) is 4.74 Å². The standard InChI is InChI=1S/C35H62N2O2/c1-24(2)11-10-12-25(3)30-15-16-31-29-14-13-27-21-28(39-33(38)26(22-36(6)7)23-37(8)9)17-19-34(27,4)32(29)18-20-35(30,31)5/h13,24-26,28-32H,10-12,14-23H2,1-9H3/t25-,28+,29+,30-,31+,32+,34+,35-/m1/s1. The summed E-state index contributed by atoms with van der Waals surface area (Å²) in [7, 11) is 8.17. The van der Waals surface area contributed by atoms with Crippen LogP contribution < -0.4 is 0 Å². The largest absolute Gasteiger partial charge is 0.462 e. The SMILES string of the molecule is CC(C)CCC[C@@H](C)[C@H]1CC[C@H]2[C@@H]3CC=C4C[C@@H](OC(=O)C(CN(C)C)CN(C)C)CC[C@]4(C)[C@H]3CC[C@]12C. The van der Waals surface area contributed by atoms with Gasteiger partial charge >= 0.3 is 5.97 Å². The highest BCUT2D eigenvalue weighted by atomic mass is 16.5. The van der Waals surface area contributed by atoms with E-state index in [-0.39, 0.29) is 18.0 Å². The molecule has 4 nitrogen and oxygen atoms in total. The summed E-state index contributed by atoms with van der Waals surface area (Å²) < 4.78 is 6.22. The Balaban J connectivity index is 1.41. The molecular weight excluding hydrogens is 480 g/mol. The number of esters is 1. The van der Waals surface area contributed by atoms with Crippen LogP contribution in [0.3, 0.4) is 0 Å². The first-order valence-corrected chi connectivity index (χ1v) is 16.5. The zero-order valence-corrected chi connectivity index (χ0v) is 27.1. The minimum Gasteiger partial charge on any atom is -0.462 e. The van der Waals surface area contributed by atoms with E-state index in [1.807, 2.05) is 28.2 Å². The van der Waals surface area contributed by atoms with E-state index >= 15 is 0 Å². The number of ether oxygens (including phenoxy) is 1. The maximum Gasteiger partial charge on any atom is 0.311 e. The molecule has 4 rings (SSSR count). The molecule has 0 heterocycles. The van der Waals surface area contributed by atoms with E-state index in [0.29, 0.717) is 10.8 Å². The first-order valence-electron chi connectivity index (χ1n) is 16.5. The molecule has 0 saturated heterocycles. The molecule has 4 aliphatic rings. The second-order valence-electron chi connectivity index (χ2n) is 15.8. The van der Waals surface area contributed by atoms with Gasteiger partial charge in [0.2, 0.25) is 0 Å². The van der Waals surface area contributed by atoms with Crippen molar-refractivity contribution in [3.63, 3.8) is 0 Å². The molecule has 0 N–H and O–H groups in total. The number of rotatable bonds is 11. The predicted octanol–water partition coefficient (Wildman–Crippen LogP) is 7.68. The lowest BCUT2D eigenvalue weighted by atomic mass is 9.47. The Morgan fingerprint density at radius 2 is 1.64 bits per heavy atom. The number of nitrogens with zero attached hydrogens (tertiary/aromatic N) is 2. The van der Waals surface area contributed by atoms with Crippen LogP contribution >= 0.6 is 0 Å². The predicted molar refractivity (Wildman–Crippen MR) is 164 cm³/mol. The molecule has 8 atom stereocenters. The van der Waals surface area contributed by atoms with Crippen LogP contribution in [0.2, 0.25) is 0 Å². The average molecular weight is 543 g/mol. The molecule has 4 aliphatic carbocycles. The molecule has 4 heteroatoms. The van der Waals surface area contributed by atoms with Gasteiger partial charge in [0.05, 0.1) is 5.92 Å². The van der Waals surface area contributed by atoms with Crippen molar-refractivity contribution < 1.29 is 9.53 Å². The second kappa shape index (κ2) is 12.6. The van der Waals surface area contributed by atoms with Crippen LogP contribution in [-0.4, -0.2) is 63.2 Å². The molecule has 0 bridgehead atoms. The van der Waals surface area contributed by atoms with Crippen LogP contribution in [0.5, 0.6) is 0 Å². The number of hydrogen-bond acceptors (Lipinski definition) is 4. The summed E-state index contributed by atoms with van der Waals surface area (Å²) in [5, 5.41) is 0. The highest BCUT2D eigenvalue weighted by Crippen LogP contribution is 2.67. The number of fused-ring (bicyclic) bond motifs is 5. The van der Waals surface area contributed by atoms with E-state index in [9.17, 15) is 4.79 Å². The molecule has 0 aromatic carbocycles. The lowest BCUT2D eigenvalue weighted by molar-refractivity contribution is -0.157. The van der Waals surface area contributed by atoms with Gasteiger partial charge in [0, 0.05) is 19.5 Å². The van der Waals surface area contributed by atoms with Gasteiger partial charge in [0.25, 0.3) is 0 Å². The molecule has 3 saturated carbocycles. The fourth-order valence-electron chi connectivity index (χ4n) is 10.1. The zero-order chi connectivity index (χ0) is 28.5. The Kier molecular flexibility index (Phi) is 10.0. The molecule has 0 spiro atoms. The summed E-state index contributed by atoms with van der Waals surface area (Å²) >= 11 is 0. The van der Waals surface area contributed by atoms with Gasteiger partial charge in [-0.1, -0.05) is 65.5 Å². The van der Waals surface area contributed by atoms with Crippen LogP contribution in [-0.2, 0) is 9.53 Å². The van der Waals surface area contributed by atoms with Crippen LogP contribution in [0, 0.1) is 52.3 Å². The minimum absolute atomic E-state index is 0.00627. The number of allylic oxidation sites excluding steroid dienone is 1. The first kappa shape index (κ1) is 31.1. The van der Waals surface area contributed by atoms with Gasteiger partial charge in [0.15, 0.2) is 0 Å². The summed E-state index contributed by atoms with van der Waals surface area (Å²) in [6.07, 6.45) is 17.1. The molecule has 0 aromatic rings. The van der Waals surface area contributed by atoms with Crippen molar-refractivity contribution in [3.8, 4) is 0 Å². The third-order valence-electron chi connectivity index (χ3n) is 12.0. The number of carbonyl (C=O) groups excluding carboxylic acids is 1. The molecule has 39 heavy (non-hydrogen) atoms. The Morgan fingerprint density at radius 3 is 2.28 bits per heavy atom. The van der Waals surface area contributed by atoms with Crippen LogP contribution in [0.15, 0.2) is 11.6 Å². The van der Waals surface area contributed by atoms with E-state index < -0.39 is 0 Å². The van der Waals surface area contributed by atoms with E-state index in [0.717, 1.165) is 61.4 Å². The monoisotopic (exact) mass is 542 g/mol. The van der Waals surface area contributed by atoms with E-state index in [1.165, 1.54) is 57.8 Å². The van der Waals surface area contributed by atoms with Gasteiger partial charge in [0.1, 0.15) is 6.10 Å². The summed E-state index contributed by atoms with van der Waals surface area (Å²) in [5.74, 6) is 5.10. The van der Waals surface area contributed by atoms with Crippen LogP contribution in [0.4, 0.5) is 0 Å². The molecule has 0 aromatic heterocycles. The Bertz CT molecular complexity index is 855. The Morgan fingerprint density at radius 1 is 0.949 bits per heavy atom. The van der Waals surface area contributed by atoms with E-state index in [2.05, 4.69) is 50.5 Å². The highest BCUT2D eigenvalue weighted by molar-refractivity contribution is 5.73. The maximum atomic E-state index is 13.2. The van der Waals surface area contributed by atoms with Crippen molar-refractivity contribution in [2.75, 3.05) is 41.3 Å². The first-order chi connectivity index (χ1) is 18.3. The number of hydrogen-bond donors (Lipinski definition) is 0. The van der Waals surface area contributed by atoms with E-state index in [1.54, 1.807) is 5.57 Å². The molecule has 0 amide bonds. The van der Waals surface area contributed by atoms with Gasteiger partial charge in [-0.2, -0.15) is 0 Å². The van der Waals surface area contributed by atoms with Gasteiger partial charge in [-0.15, -0.1) is 0 Å². The second-order valence-corrected chi connectivity index (χ2v) is 15.8. The van der Waals surface area contributed by atoms with Crippen LogP contribution in [0.25, 0.3) is 0 Å². The van der Waals surface area contributed by atoms with Crippen molar-refractivity contribution in [2.24, 2.45) is 52.3 Å². The lowest BCUT2D eigenvalue weighted by Crippen LogP contribution is -2.51. The fourth-order valence-corrected chi connectivity index (χ4v) is 10.1. The molecule has 224 valence electrons. The number of carbonyl (C=O) groups is 1. The summed E-state index contributed by atoms with van der Waals surface area (Å²) in [5.41, 5.74) is 2.46. The quantitative estimate of drug-likeness (QED) is 0.198. The van der Waals surface area contributed by atoms with Gasteiger partial charge < -0.3 is 14.5 Å². The molecule has 0 unspecified atom stereocenters. The molecule has 3 fully saturated rings. The lowest BCUT2D eigenvalue weighted by Gasteiger charge is -2.58. The third-order valence-corrected chi connectivity index (χ3v) is 12.0. The van der Waals surface area contributed by atoms with Crippen molar-refractivity contribution in [3.05, 3.63) is 11.6 Å². The normalized spacial score (nSPS) is 37.1. The van der Waals surface area contributed by atoms with Crippen molar-refractivity contribution in [1.29, 1.82) is 0 Å². The Labute approximate surface area is 241 Å². The summed E-state index contributed by atoms with van der Waals surface area (Å²) in [6.45, 7) is 14.1. The Hall–Kier alpha value is -0.870. The summed E-state index contributed by atoms with van der Waals surface area (Å²) in [6, 6.07) is 0. The van der Waals surface area contributed by atoms with Crippen molar-refractivity contribution in [2.45, 2.75) is 111 Å². The van der Waals surface area contributed by atoms with Gasteiger partial charge in [-0.3, -0.25) is 4.79 Å². The maximum absolute atomic E-state index is 13.2. The molecule has 0 radical (unpaired) electrons. The molecular formula is C35H62N2O2. The average Bonchev–Trinajstić information content (AvgIpc) is 3.20. The highest BCUT2D eigenvalue weighted by Gasteiger charge is 2.59. The smallest absolute Gasteiger partial charge is 0.311 e. The summed E-state index contributed by atoms with van der Waals surface area (Å²) in [4.78, 5) is 17.4. The minimum atomic E-state index is -0.0906.